The molecular formula is C15H16BrNO4. The molecule has 0 bridgehead atoms. The van der Waals surface area contributed by atoms with Crippen molar-refractivity contribution >= 4 is 28.0 Å². The Balaban J connectivity index is 3.01. The van der Waals surface area contributed by atoms with Crippen LogP contribution in [0.15, 0.2) is 22.2 Å². The van der Waals surface area contributed by atoms with Crippen LogP contribution in [-0.4, -0.2) is 24.8 Å². The average molecular weight is 354 g/mol. The van der Waals surface area contributed by atoms with Gasteiger partial charge in [0.15, 0.2) is 11.5 Å². The first kappa shape index (κ1) is 17.1. The van der Waals surface area contributed by atoms with Gasteiger partial charge in [-0.25, -0.2) is 4.79 Å². The highest BCUT2D eigenvalue weighted by Crippen LogP contribution is 2.35. The molecule has 0 aliphatic carbocycles. The molecule has 0 atom stereocenters. The zero-order chi connectivity index (χ0) is 15.8. The van der Waals surface area contributed by atoms with E-state index in [-0.39, 0.29) is 23.7 Å². The molecule has 0 saturated carbocycles. The van der Waals surface area contributed by atoms with Gasteiger partial charge in [-0.3, -0.25) is 0 Å². The number of ether oxygens (including phenoxy) is 2. The predicted octanol–water partition coefficient (Wildman–Crippen LogP) is 3.41. The monoisotopic (exact) mass is 353 g/mol. The summed E-state index contributed by atoms with van der Waals surface area (Å²) < 4.78 is 10.4. The molecular weight excluding hydrogens is 338 g/mol. The molecule has 0 aliphatic heterocycles. The molecule has 0 aliphatic rings. The maximum Gasteiger partial charge on any atom is 0.348 e. The lowest BCUT2D eigenvalue weighted by Gasteiger charge is -2.07. The predicted molar refractivity (Wildman–Crippen MR) is 81.8 cm³/mol. The lowest BCUT2D eigenvalue weighted by atomic mass is 10.1. The number of carbonyl (C=O) groups is 1. The number of carbonyl (C=O) groups excluding carboxylic acids is 1. The van der Waals surface area contributed by atoms with E-state index in [0.29, 0.717) is 10.0 Å². The zero-order valence-electron chi connectivity index (χ0n) is 11.9. The van der Waals surface area contributed by atoms with E-state index in [1.807, 2.05) is 13.0 Å². The molecule has 0 saturated heterocycles. The van der Waals surface area contributed by atoms with Crippen LogP contribution in [-0.2, 0) is 9.53 Å². The number of halogens is 1. The molecule has 6 heteroatoms. The van der Waals surface area contributed by atoms with Gasteiger partial charge in [-0.2, -0.15) is 5.26 Å². The van der Waals surface area contributed by atoms with Gasteiger partial charge in [-0.15, -0.1) is 0 Å². The van der Waals surface area contributed by atoms with E-state index in [4.69, 9.17) is 14.7 Å². The fourth-order valence-electron chi connectivity index (χ4n) is 1.52. The van der Waals surface area contributed by atoms with Crippen molar-refractivity contribution in [1.29, 1.82) is 5.26 Å². The van der Waals surface area contributed by atoms with Crippen LogP contribution in [0.4, 0.5) is 0 Å². The molecule has 0 aromatic heterocycles. The maximum atomic E-state index is 11.8. The fraction of sp³-hybridized carbons (Fsp3) is 0.333. The SMILES string of the molecule is CCCCOC(=O)/C(C#N)=C/c1cc(Br)c(O)c(OC)c1. The van der Waals surface area contributed by atoms with Gasteiger partial charge in [0.25, 0.3) is 0 Å². The molecule has 0 spiro atoms. The molecule has 1 aromatic carbocycles. The van der Waals surface area contributed by atoms with Crippen molar-refractivity contribution in [2.45, 2.75) is 19.8 Å². The quantitative estimate of drug-likeness (QED) is 0.367. The van der Waals surface area contributed by atoms with Crippen molar-refractivity contribution in [2.24, 2.45) is 0 Å². The molecule has 0 unspecified atom stereocenters. The minimum atomic E-state index is -0.658. The van der Waals surface area contributed by atoms with Gasteiger partial charge in [0.2, 0.25) is 0 Å². The van der Waals surface area contributed by atoms with Crippen LogP contribution in [0.25, 0.3) is 6.08 Å². The van der Waals surface area contributed by atoms with Crippen molar-refractivity contribution in [3.8, 4) is 17.6 Å². The van der Waals surface area contributed by atoms with E-state index < -0.39 is 5.97 Å². The molecule has 5 nitrogen and oxygen atoms in total. The van der Waals surface area contributed by atoms with Crippen LogP contribution in [0.5, 0.6) is 11.5 Å². The van der Waals surface area contributed by atoms with Gasteiger partial charge in [0, 0.05) is 0 Å². The van der Waals surface area contributed by atoms with Crippen molar-refractivity contribution in [2.75, 3.05) is 13.7 Å². The van der Waals surface area contributed by atoms with Crippen molar-refractivity contribution in [3.63, 3.8) is 0 Å². The summed E-state index contributed by atoms with van der Waals surface area (Å²) in [5.41, 5.74) is 0.436. The van der Waals surface area contributed by atoms with Gasteiger partial charge < -0.3 is 14.6 Å². The third kappa shape index (κ3) is 4.80. The van der Waals surface area contributed by atoms with E-state index in [1.54, 1.807) is 6.07 Å². The Morgan fingerprint density at radius 2 is 2.24 bits per heavy atom. The number of hydrogen-bond acceptors (Lipinski definition) is 5. The van der Waals surface area contributed by atoms with Gasteiger partial charge in [-0.05, 0) is 46.1 Å². The lowest BCUT2D eigenvalue weighted by molar-refractivity contribution is -0.138. The van der Waals surface area contributed by atoms with Gasteiger partial charge >= 0.3 is 5.97 Å². The number of phenols is 1. The number of phenolic OH excluding ortho intramolecular Hbond substituents is 1. The third-order valence-electron chi connectivity index (χ3n) is 2.65. The first-order chi connectivity index (χ1) is 10.0. The van der Waals surface area contributed by atoms with Crippen LogP contribution in [0.3, 0.4) is 0 Å². The first-order valence-electron chi connectivity index (χ1n) is 6.38. The number of nitriles is 1. The number of nitrogens with zero attached hydrogens (tertiary/aromatic N) is 1. The average Bonchev–Trinajstić information content (AvgIpc) is 2.48. The van der Waals surface area contributed by atoms with E-state index in [1.165, 1.54) is 19.3 Å². The molecule has 0 heterocycles. The summed E-state index contributed by atoms with van der Waals surface area (Å²) >= 11 is 3.18. The Hall–Kier alpha value is -2.00. The summed E-state index contributed by atoms with van der Waals surface area (Å²) in [6.07, 6.45) is 3.05. The van der Waals surface area contributed by atoms with Gasteiger partial charge in [0.1, 0.15) is 11.6 Å². The third-order valence-corrected chi connectivity index (χ3v) is 3.26. The summed E-state index contributed by atoms with van der Waals surface area (Å²) in [4.78, 5) is 11.8. The number of hydrogen-bond donors (Lipinski definition) is 1. The summed E-state index contributed by atoms with van der Waals surface area (Å²) in [5, 5.41) is 18.8. The molecule has 1 aromatic rings. The first-order valence-corrected chi connectivity index (χ1v) is 7.18. The minimum Gasteiger partial charge on any atom is -0.503 e. The highest BCUT2D eigenvalue weighted by atomic mass is 79.9. The number of esters is 1. The van der Waals surface area contributed by atoms with Crippen LogP contribution < -0.4 is 4.74 Å². The zero-order valence-corrected chi connectivity index (χ0v) is 13.4. The van der Waals surface area contributed by atoms with E-state index in [9.17, 15) is 9.90 Å². The van der Waals surface area contributed by atoms with E-state index in [2.05, 4.69) is 15.9 Å². The fourth-order valence-corrected chi connectivity index (χ4v) is 1.98. The smallest absolute Gasteiger partial charge is 0.348 e. The number of rotatable bonds is 6. The summed E-state index contributed by atoms with van der Waals surface area (Å²) in [7, 11) is 1.42. The normalized spacial score (nSPS) is 10.9. The highest BCUT2D eigenvalue weighted by Gasteiger charge is 2.13. The number of unbranched alkanes of at least 4 members (excludes halogenated alkanes) is 1. The Kier molecular flexibility index (Phi) is 6.76. The second-order valence-electron chi connectivity index (χ2n) is 4.21. The Bertz CT molecular complexity index is 590. The van der Waals surface area contributed by atoms with Crippen LogP contribution in [0.1, 0.15) is 25.3 Å². The van der Waals surface area contributed by atoms with Crippen LogP contribution in [0.2, 0.25) is 0 Å². The second kappa shape index (κ2) is 8.32. The highest BCUT2D eigenvalue weighted by molar-refractivity contribution is 9.10. The standard InChI is InChI=1S/C15H16BrNO4/c1-3-4-5-21-15(19)11(9-17)6-10-7-12(16)14(18)13(8-10)20-2/h6-8,18H,3-5H2,1-2H3/b11-6+. The maximum absolute atomic E-state index is 11.8. The topological polar surface area (TPSA) is 79.6 Å². The van der Waals surface area contributed by atoms with Crippen LogP contribution >= 0.6 is 15.9 Å². The molecule has 1 rings (SSSR count). The Morgan fingerprint density at radius 3 is 2.81 bits per heavy atom. The molecule has 0 fully saturated rings. The van der Waals surface area contributed by atoms with Crippen molar-refractivity contribution in [3.05, 3.63) is 27.7 Å². The molecule has 21 heavy (non-hydrogen) atoms. The largest absolute Gasteiger partial charge is 0.503 e. The molecule has 1 N–H and O–H groups in total. The molecule has 0 amide bonds. The number of methoxy groups -OCH3 is 1. The van der Waals surface area contributed by atoms with E-state index in [0.717, 1.165) is 12.8 Å². The van der Waals surface area contributed by atoms with Gasteiger partial charge in [0.05, 0.1) is 18.2 Å². The number of benzene rings is 1. The molecule has 0 radical (unpaired) electrons. The second-order valence-corrected chi connectivity index (χ2v) is 5.07. The van der Waals surface area contributed by atoms with Crippen LogP contribution in [0, 0.1) is 11.3 Å². The minimum absolute atomic E-state index is 0.0429. The number of aromatic hydroxyl groups is 1. The summed E-state index contributed by atoms with van der Waals surface area (Å²) in [5.74, 6) is -0.458. The van der Waals surface area contributed by atoms with E-state index >= 15 is 0 Å². The van der Waals surface area contributed by atoms with Crippen molar-refractivity contribution in [1.82, 2.24) is 0 Å². The lowest BCUT2D eigenvalue weighted by Crippen LogP contribution is -2.07. The van der Waals surface area contributed by atoms with Gasteiger partial charge in [-0.1, -0.05) is 13.3 Å². The summed E-state index contributed by atoms with van der Waals surface area (Å²) in [6, 6.07) is 4.92. The Labute approximate surface area is 131 Å². The Morgan fingerprint density at radius 1 is 1.52 bits per heavy atom. The molecule has 112 valence electrons. The summed E-state index contributed by atoms with van der Waals surface area (Å²) in [6.45, 7) is 2.27. The van der Waals surface area contributed by atoms with Crippen molar-refractivity contribution < 1.29 is 19.4 Å².